The van der Waals surface area contributed by atoms with Crippen LogP contribution in [0.4, 0.5) is 14.9 Å². The number of aromatic amines is 1. The van der Waals surface area contributed by atoms with E-state index >= 15 is 0 Å². The van der Waals surface area contributed by atoms with Gasteiger partial charge in [-0.05, 0) is 55.0 Å². The Balaban J connectivity index is 1.42. The van der Waals surface area contributed by atoms with Crippen molar-refractivity contribution in [2.24, 2.45) is 0 Å². The summed E-state index contributed by atoms with van der Waals surface area (Å²) in [7, 11) is 0. The zero-order valence-electron chi connectivity index (χ0n) is 17.9. The monoisotopic (exact) mass is 467 g/mol. The number of rotatable bonds is 7. The van der Waals surface area contributed by atoms with Gasteiger partial charge in [-0.25, -0.2) is 14.2 Å². The lowest BCUT2D eigenvalue weighted by atomic mass is 10.1. The number of nitrogens with one attached hydrogen (secondary N) is 3. The van der Waals surface area contributed by atoms with Crippen molar-refractivity contribution in [3.63, 3.8) is 0 Å². The molecule has 0 radical (unpaired) electrons. The maximum Gasteiger partial charge on any atom is 0.404 e. The van der Waals surface area contributed by atoms with Crippen LogP contribution in [0.25, 0.3) is 0 Å². The molecule has 0 spiro atoms. The highest BCUT2D eigenvalue weighted by Crippen LogP contribution is 2.25. The molecule has 1 fully saturated rings. The highest BCUT2D eigenvalue weighted by atomic mass is 19.1. The predicted octanol–water partition coefficient (Wildman–Crippen LogP) is 2.76. The van der Waals surface area contributed by atoms with Crippen LogP contribution in [0.1, 0.15) is 12.1 Å². The second-order valence-electron chi connectivity index (χ2n) is 7.77. The fraction of sp³-hybridized carbons (Fsp3) is 0.217. The van der Waals surface area contributed by atoms with E-state index in [1.54, 1.807) is 24.3 Å². The minimum Gasteiger partial charge on any atom is -0.465 e. The zero-order chi connectivity index (χ0) is 24.1. The fourth-order valence-electron chi connectivity index (χ4n) is 3.76. The van der Waals surface area contributed by atoms with Crippen LogP contribution in [0.15, 0.2) is 61.1 Å². The molecular weight excluding hydrogens is 445 g/mol. The van der Waals surface area contributed by atoms with Crippen molar-refractivity contribution in [2.75, 3.05) is 11.9 Å². The molecule has 11 heteroatoms. The molecule has 1 aromatic heterocycles. The number of imidazole rings is 1. The lowest BCUT2D eigenvalue weighted by molar-refractivity contribution is -0.136. The van der Waals surface area contributed by atoms with Crippen molar-refractivity contribution in [1.82, 2.24) is 20.2 Å². The SMILES string of the molecule is O=C(O)N[C@@H]1C[C@@H](C(=O)Nc2ccc(Oc3ccc(F)cc3)cc2)N(C(=O)Cc2cnc[nH]2)C1. The molecule has 0 aliphatic carbocycles. The third-order valence-electron chi connectivity index (χ3n) is 5.32. The summed E-state index contributed by atoms with van der Waals surface area (Å²) in [6, 6.07) is 10.7. The summed E-state index contributed by atoms with van der Waals surface area (Å²) in [4.78, 5) is 45.0. The molecule has 176 valence electrons. The molecule has 0 saturated carbocycles. The molecule has 34 heavy (non-hydrogen) atoms. The summed E-state index contributed by atoms with van der Waals surface area (Å²) < 4.78 is 18.7. The predicted molar refractivity (Wildman–Crippen MR) is 119 cm³/mol. The molecule has 10 nitrogen and oxygen atoms in total. The van der Waals surface area contributed by atoms with Crippen LogP contribution < -0.4 is 15.4 Å². The molecule has 4 rings (SSSR count). The number of nitrogens with zero attached hydrogens (tertiary/aromatic N) is 2. The molecular formula is C23H22FN5O5. The summed E-state index contributed by atoms with van der Waals surface area (Å²) in [6.45, 7) is 0.0851. The molecule has 3 aromatic rings. The van der Waals surface area contributed by atoms with E-state index in [0.717, 1.165) is 0 Å². The summed E-state index contributed by atoms with van der Waals surface area (Å²) >= 11 is 0. The summed E-state index contributed by atoms with van der Waals surface area (Å²) in [5.41, 5.74) is 1.07. The number of ether oxygens (including phenoxy) is 1. The van der Waals surface area contributed by atoms with Gasteiger partial charge in [0.05, 0.1) is 18.8 Å². The minimum absolute atomic E-state index is 0.0129. The van der Waals surface area contributed by atoms with Crippen molar-refractivity contribution >= 4 is 23.6 Å². The standard InChI is InChI=1S/C23H22FN5O5/c24-14-1-5-18(6-2-14)34-19-7-3-15(4-8-19)27-22(31)20-9-17(28-23(32)33)12-29(20)21(30)10-16-11-25-13-26-16/h1-8,11,13,17,20,28H,9-10,12H2,(H,25,26)(H,27,31)(H,32,33)/t17-,20+/m1/s1. The first kappa shape index (κ1) is 22.8. The van der Waals surface area contributed by atoms with Crippen molar-refractivity contribution in [3.05, 3.63) is 72.6 Å². The van der Waals surface area contributed by atoms with Gasteiger partial charge in [-0.15, -0.1) is 0 Å². The maximum absolute atomic E-state index is 13.0. The highest BCUT2D eigenvalue weighted by Gasteiger charge is 2.40. The number of carbonyl (C=O) groups is 3. The summed E-state index contributed by atoms with van der Waals surface area (Å²) in [5.74, 6) is -0.155. The van der Waals surface area contributed by atoms with Gasteiger partial charge in [0.25, 0.3) is 0 Å². The molecule has 2 heterocycles. The van der Waals surface area contributed by atoms with Crippen molar-refractivity contribution in [3.8, 4) is 11.5 Å². The number of hydrogen-bond acceptors (Lipinski definition) is 5. The number of halogens is 1. The summed E-state index contributed by atoms with van der Waals surface area (Å²) in [6.07, 6.45) is 1.92. The molecule has 3 amide bonds. The van der Waals surface area contributed by atoms with Gasteiger partial charge in [0.15, 0.2) is 0 Å². The highest BCUT2D eigenvalue weighted by molar-refractivity contribution is 5.98. The van der Waals surface area contributed by atoms with E-state index in [0.29, 0.717) is 22.9 Å². The third kappa shape index (κ3) is 5.68. The first-order chi connectivity index (χ1) is 16.4. The Morgan fingerprint density at radius 1 is 1.12 bits per heavy atom. The van der Waals surface area contributed by atoms with Crippen LogP contribution in [0.3, 0.4) is 0 Å². The smallest absolute Gasteiger partial charge is 0.404 e. The number of anilines is 1. The van der Waals surface area contributed by atoms with Gasteiger partial charge in [0, 0.05) is 24.1 Å². The van der Waals surface area contributed by atoms with Crippen LogP contribution in [0.2, 0.25) is 0 Å². The van der Waals surface area contributed by atoms with Gasteiger partial charge in [0.1, 0.15) is 23.4 Å². The second kappa shape index (κ2) is 10.0. The minimum atomic E-state index is -1.22. The fourth-order valence-corrected chi connectivity index (χ4v) is 3.76. The number of benzene rings is 2. The van der Waals surface area contributed by atoms with E-state index in [2.05, 4.69) is 20.6 Å². The van der Waals surface area contributed by atoms with Crippen molar-refractivity contribution < 1.29 is 28.6 Å². The average Bonchev–Trinajstić information content (AvgIpc) is 3.46. The zero-order valence-corrected chi connectivity index (χ0v) is 17.9. The van der Waals surface area contributed by atoms with E-state index in [1.807, 2.05) is 0 Å². The lowest BCUT2D eigenvalue weighted by Gasteiger charge is -2.23. The molecule has 1 aliphatic rings. The molecule has 1 saturated heterocycles. The summed E-state index contributed by atoms with van der Waals surface area (Å²) in [5, 5.41) is 14.2. The second-order valence-corrected chi connectivity index (χ2v) is 7.77. The Labute approximate surface area is 193 Å². The molecule has 4 N–H and O–H groups in total. The van der Waals surface area contributed by atoms with Crippen LogP contribution in [-0.4, -0.2) is 56.5 Å². The maximum atomic E-state index is 13.0. The van der Waals surface area contributed by atoms with Crippen molar-refractivity contribution in [1.29, 1.82) is 0 Å². The number of carbonyl (C=O) groups excluding carboxylic acids is 2. The quantitative estimate of drug-likeness (QED) is 0.422. The normalized spacial score (nSPS) is 17.3. The van der Waals surface area contributed by atoms with Crippen LogP contribution >= 0.6 is 0 Å². The Morgan fingerprint density at radius 3 is 2.41 bits per heavy atom. The van der Waals surface area contributed by atoms with E-state index in [-0.39, 0.29) is 31.1 Å². The Kier molecular flexibility index (Phi) is 6.72. The number of H-pyrrole nitrogens is 1. The largest absolute Gasteiger partial charge is 0.465 e. The van der Waals surface area contributed by atoms with Gasteiger partial charge in [0.2, 0.25) is 11.8 Å². The number of carboxylic acid groups (broad SMARTS) is 1. The first-order valence-corrected chi connectivity index (χ1v) is 10.5. The number of likely N-dealkylation sites (tertiary alicyclic amines) is 1. The Bertz CT molecular complexity index is 1150. The van der Waals surface area contributed by atoms with E-state index in [9.17, 15) is 18.8 Å². The molecule has 2 atom stereocenters. The van der Waals surface area contributed by atoms with Crippen LogP contribution in [0, 0.1) is 5.82 Å². The molecule has 0 unspecified atom stereocenters. The van der Waals surface area contributed by atoms with Crippen molar-refractivity contribution in [2.45, 2.75) is 24.9 Å². The Morgan fingerprint density at radius 2 is 1.79 bits per heavy atom. The van der Waals surface area contributed by atoms with E-state index in [4.69, 9.17) is 9.84 Å². The molecule has 2 aromatic carbocycles. The Hall–Kier alpha value is -4.41. The van der Waals surface area contributed by atoms with Crippen LogP contribution in [0.5, 0.6) is 11.5 Å². The van der Waals surface area contributed by atoms with Gasteiger partial charge >= 0.3 is 6.09 Å². The lowest BCUT2D eigenvalue weighted by Crippen LogP contribution is -2.44. The number of hydrogen-bond donors (Lipinski definition) is 4. The van der Waals surface area contributed by atoms with Gasteiger partial charge < -0.3 is 30.4 Å². The average molecular weight is 467 g/mol. The van der Waals surface area contributed by atoms with Gasteiger partial charge in [-0.2, -0.15) is 0 Å². The van der Waals surface area contributed by atoms with Crippen LogP contribution in [-0.2, 0) is 16.0 Å². The van der Waals surface area contributed by atoms with E-state index in [1.165, 1.54) is 41.7 Å². The van der Waals surface area contributed by atoms with E-state index < -0.39 is 24.1 Å². The number of amides is 3. The first-order valence-electron chi connectivity index (χ1n) is 10.5. The third-order valence-corrected chi connectivity index (χ3v) is 5.32. The topological polar surface area (TPSA) is 137 Å². The molecule has 0 bridgehead atoms. The van der Waals surface area contributed by atoms with Gasteiger partial charge in [-0.3, -0.25) is 9.59 Å². The van der Waals surface area contributed by atoms with Gasteiger partial charge in [-0.1, -0.05) is 0 Å². The molecule has 1 aliphatic heterocycles. The number of aromatic nitrogens is 2.